The number of amides is 1. The van der Waals surface area contributed by atoms with Gasteiger partial charge in [-0.1, -0.05) is 6.92 Å². The minimum absolute atomic E-state index is 0.0645. The van der Waals surface area contributed by atoms with E-state index in [0.717, 1.165) is 73.9 Å². The number of carbonyl (C=O) groups excluding carboxylic acids is 1. The van der Waals surface area contributed by atoms with E-state index in [1.165, 1.54) is 0 Å². The maximum absolute atomic E-state index is 12.8. The van der Waals surface area contributed by atoms with E-state index < -0.39 is 0 Å². The van der Waals surface area contributed by atoms with Gasteiger partial charge in [0.25, 0.3) is 0 Å². The number of anilines is 1. The number of aromatic nitrogens is 3. The maximum Gasteiger partial charge on any atom is 0.227 e. The van der Waals surface area contributed by atoms with Gasteiger partial charge in [0, 0.05) is 43.5 Å². The Kier molecular flexibility index (Phi) is 5.49. The van der Waals surface area contributed by atoms with Crippen LogP contribution in [0.5, 0.6) is 0 Å². The predicted octanol–water partition coefficient (Wildman–Crippen LogP) is 2.99. The summed E-state index contributed by atoms with van der Waals surface area (Å²) in [5.41, 5.74) is 4.16. The Morgan fingerprint density at radius 2 is 2.00 bits per heavy atom. The van der Waals surface area contributed by atoms with Crippen molar-refractivity contribution in [2.24, 2.45) is 5.92 Å². The number of hydrogen-bond donors (Lipinski definition) is 0. The minimum atomic E-state index is 0.0645. The summed E-state index contributed by atoms with van der Waals surface area (Å²) in [6.07, 6.45) is 2.89. The van der Waals surface area contributed by atoms with Gasteiger partial charge in [-0.2, -0.15) is 9.61 Å². The molecule has 26 heavy (non-hydrogen) atoms. The molecule has 1 amide bonds. The standard InChI is InChI=1S/C20H31N5O/c1-6-17-12-18(25-19(21-17)14(4)15(5)22-25)24-11-9-10-16(13-24)20(26)23(7-2)8-3/h12,16H,6-11,13H2,1-5H3. The van der Waals surface area contributed by atoms with Crippen LogP contribution >= 0.6 is 0 Å². The molecule has 0 radical (unpaired) electrons. The number of rotatable bonds is 5. The Hall–Kier alpha value is -2.11. The highest BCUT2D eigenvalue weighted by Crippen LogP contribution is 2.27. The van der Waals surface area contributed by atoms with Gasteiger partial charge in [-0.05, 0) is 47.0 Å². The van der Waals surface area contributed by atoms with Crippen LogP contribution in [-0.4, -0.2) is 51.6 Å². The zero-order valence-corrected chi connectivity index (χ0v) is 16.7. The summed E-state index contributed by atoms with van der Waals surface area (Å²) >= 11 is 0. The molecule has 1 atom stereocenters. The van der Waals surface area contributed by atoms with Crippen LogP contribution in [0.4, 0.5) is 5.82 Å². The van der Waals surface area contributed by atoms with Crippen molar-refractivity contribution >= 4 is 17.4 Å². The molecule has 6 nitrogen and oxygen atoms in total. The molecule has 3 rings (SSSR count). The molecule has 1 saturated heterocycles. The smallest absolute Gasteiger partial charge is 0.227 e. The van der Waals surface area contributed by atoms with Crippen LogP contribution < -0.4 is 4.90 Å². The SMILES string of the molecule is CCc1cc(N2CCCC(C(=O)N(CC)CC)C2)n2nc(C)c(C)c2n1. The van der Waals surface area contributed by atoms with Crippen LogP contribution in [0.3, 0.4) is 0 Å². The summed E-state index contributed by atoms with van der Waals surface area (Å²) in [5.74, 6) is 1.42. The van der Waals surface area contributed by atoms with Gasteiger partial charge in [-0.3, -0.25) is 4.79 Å². The van der Waals surface area contributed by atoms with Crippen molar-refractivity contribution in [3.8, 4) is 0 Å². The van der Waals surface area contributed by atoms with Crippen LogP contribution in [0.25, 0.3) is 5.65 Å². The van der Waals surface area contributed by atoms with E-state index in [1.807, 2.05) is 16.3 Å². The summed E-state index contributed by atoms with van der Waals surface area (Å²) in [7, 11) is 0. The van der Waals surface area contributed by atoms with Crippen molar-refractivity contribution in [3.05, 3.63) is 23.0 Å². The number of nitrogens with zero attached hydrogens (tertiary/aromatic N) is 5. The van der Waals surface area contributed by atoms with Crippen molar-refractivity contribution in [3.63, 3.8) is 0 Å². The topological polar surface area (TPSA) is 53.7 Å². The summed E-state index contributed by atoms with van der Waals surface area (Å²) < 4.78 is 1.97. The van der Waals surface area contributed by atoms with E-state index in [-0.39, 0.29) is 11.8 Å². The van der Waals surface area contributed by atoms with E-state index in [0.29, 0.717) is 0 Å². The van der Waals surface area contributed by atoms with Crippen LogP contribution in [0, 0.1) is 19.8 Å². The molecule has 1 aliphatic rings. The maximum atomic E-state index is 12.8. The lowest BCUT2D eigenvalue weighted by Gasteiger charge is -2.35. The Bertz CT molecular complexity index is 793. The molecule has 0 bridgehead atoms. The Labute approximate surface area is 156 Å². The molecule has 2 aromatic heterocycles. The zero-order valence-electron chi connectivity index (χ0n) is 16.7. The normalized spacial score (nSPS) is 17.7. The van der Waals surface area contributed by atoms with Gasteiger partial charge < -0.3 is 9.80 Å². The molecule has 6 heteroatoms. The van der Waals surface area contributed by atoms with Crippen LogP contribution in [0.2, 0.25) is 0 Å². The lowest BCUT2D eigenvalue weighted by atomic mass is 9.96. The third-order valence-electron chi connectivity index (χ3n) is 5.62. The molecule has 0 aliphatic carbocycles. The van der Waals surface area contributed by atoms with Crippen molar-refractivity contribution in [2.75, 3.05) is 31.1 Å². The van der Waals surface area contributed by atoms with Crippen molar-refractivity contribution in [2.45, 2.75) is 53.9 Å². The lowest BCUT2D eigenvalue weighted by molar-refractivity contribution is -0.135. The molecule has 1 unspecified atom stereocenters. The van der Waals surface area contributed by atoms with Crippen molar-refractivity contribution in [1.29, 1.82) is 0 Å². The first-order valence-electron chi connectivity index (χ1n) is 9.89. The second-order valence-corrected chi connectivity index (χ2v) is 7.20. The Balaban J connectivity index is 1.95. The van der Waals surface area contributed by atoms with Gasteiger partial charge >= 0.3 is 0 Å². The molecule has 142 valence electrons. The first-order chi connectivity index (χ1) is 12.5. The van der Waals surface area contributed by atoms with E-state index in [1.54, 1.807) is 0 Å². The first-order valence-corrected chi connectivity index (χ1v) is 9.89. The van der Waals surface area contributed by atoms with Crippen LogP contribution in [-0.2, 0) is 11.2 Å². The van der Waals surface area contributed by atoms with Gasteiger partial charge in [0.05, 0.1) is 11.6 Å². The highest BCUT2D eigenvalue weighted by Gasteiger charge is 2.30. The number of aryl methyl sites for hydroxylation is 3. The Morgan fingerprint density at radius 1 is 1.27 bits per heavy atom. The van der Waals surface area contributed by atoms with E-state index in [9.17, 15) is 4.79 Å². The van der Waals surface area contributed by atoms with E-state index in [4.69, 9.17) is 10.1 Å². The summed E-state index contributed by atoms with van der Waals surface area (Å²) in [6.45, 7) is 13.6. The Morgan fingerprint density at radius 3 is 2.65 bits per heavy atom. The highest BCUT2D eigenvalue weighted by atomic mass is 16.2. The van der Waals surface area contributed by atoms with Crippen molar-refractivity contribution in [1.82, 2.24) is 19.5 Å². The van der Waals surface area contributed by atoms with Crippen LogP contribution in [0.1, 0.15) is 50.6 Å². The van der Waals surface area contributed by atoms with Gasteiger partial charge in [-0.25, -0.2) is 4.98 Å². The fourth-order valence-electron chi connectivity index (χ4n) is 3.85. The average Bonchev–Trinajstić information content (AvgIpc) is 2.96. The van der Waals surface area contributed by atoms with E-state index in [2.05, 4.69) is 38.7 Å². The molecule has 0 aromatic carbocycles. The molecule has 0 saturated carbocycles. The zero-order chi connectivity index (χ0) is 18.8. The number of fused-ring (bicyclic) bond motifs is 1. The molecule has 2 aromatic rings. The van der Waals surface area contributed by atoms with Gasteiger partial charge in [0.1, 0.15) is 5.82 Å². The van der Waals surface area contributed by atoms with Gasteiger partial charge in [0.2, 0.25) is 5.91 Å². The third-order valence-corrected chi connectivity index (χ3v) is 5.62. The fourth-order valence-corrected chi connectivity index (χ4v) is 3.85. The quantitative estimate of drug-likeness (QED) is 0.825. The monoisotopic (exact) mass is 357 g/mol. The summed E-state index contributed by atoms with van der Waals surface area (Å²) in [6, 6.07) is 2.14. The average molecular weight is 358 g/mol. The molecule has 1 fully saturated rings. The second kappa shape index (κ2) is 7.64. The minimum Gasteiger partial charge on any atom is -0.356 e. The number of piperidine rings is 1. The fraction of sp³-hybridized carbons (Fsp3) is 0.650. The molecule has 3 heterocycles. The number of hydrogen-bond acceptors (Lipinski definition) is 4. The molecule has 0 N–H and O–H groups in total. The molecule has 0 spiro atoms. The largest absolute Gasteiger partial charge is 0.356 e. The first kappa shape index (κ1) is 18.7. The number of carbonyl (C=O) groups is 1. The molecular weight excluding hydrogens is 326 g/mol. The highest BCUT2D eigenvalue weighted by molar-refractivity contribution is 5.79. The summed E-state index contributed by atoms with van der Waals surface area (Å²) in [4.78, 5) is 21.9. The lowest BCUT2D eigenvalue weighted by Crippen LogP contribution is -2.45. The molecular formula is C20H31N5O. The predicted molar refractivity (Wildman–Crippen MR) is 105 cm³/mol. The third kappa shape index (κ3) is 3.29. The summed E-state index contributed by atoms with van der Waals surface area (Å²) in [5, 5.41) is 4.72. The van der Waals surface area contributed by atoms with E-state index >= 15 is 0 Å². The van der Waals surface area contributed by atoms with Gasteiger partial charge in [0.15, 0.2) is 5.65 Å². The van der Waals surface area contributed by atoms with Crippen molar-refractivity contribution < 1.29 is 4.79 Å². The van der Waals surface area contributed by atoms with Crippen LogP contribution in [0.15, 0.2) is 6.07 Å². The van der Waals surface area contributed by atoms with Gasteiger partial charge in [-0.15, -0.1) is 0 Å². The second-order valence-electron chi connectivity index (χ2n) is 7.20. The molecule has 1 aliphatic heterocycles.